The highest BCUT2D eigenvalue weighted by atomic mass is 79.9. The van der Waals surface area contributed by atoms with Crippen LogP contribution in [0.1, 0.15) is 11.1 Å². The monoisotopic (exact) mass is 362 g/mol. The lowest BCUT2D eigenvalue weighted by atomic mass is 10.1. The number of benzene rings is 2. The Morgan fingerprint density at radius 2 is 1.71 bits per heavy atom. The fourth-order valence-corrected chi connectivity index (χ4v) is 2.07. The Morgan fingerprint density at radius 1 is 1.10 bits per heavy atom. The molecule has 2 nitrogen and oxygen atoms in total. The van der Waals surface area contributed by atoms with Gasteiger partial charge in [0.2, 0.25) is 0 Å². The van der Waals surface area contributed by atoms with Crippen LogP contribution in [0.25, 0.3) is 0 Å². The number of alkyl halides is 3. The lowest BCUT2D eigenvalue weighted by Crippen LogP contribution is -2.06. The molecule has 0 radical (unpaired) electrons. The minimum Gasteiger partial charge on any atom is -0.397 e. The van der Waals surface area contributed by atoms with Crippen LogP contribution in [0.15, 0.2) is 40.9 Å². The Labute approximate surface area is 127 Å². The highest BCUT2D eigenvalue weighted by Gasteiger charge is 2.29. The van der Waals surface area contributed by atoms with Gasteiger partial charge >= 0.3 is 6.18 Å². The average molecular weight is 363 g/mol. The summed E-state index contributed by atoms with van der Waals surface area (Å²) in [4.78, 5) is 0. The predicted octanol–water partition coefficient (Wildman–Crippen LogP) is 4.80. The van der Waals surface area contributed by atoms with Crippen LogP contribution in [-0.4, -0.2) is 0 Å². The first-order chi connectivity index (χ1) is 9.77. The van der Waals surface area contributed by atoms with E-state index in [-0.39, 0.29) is 16.7 Å². The van der Waals surface area contributed by atoms with Gasteiger partial charge in [-0.05, 0) is 39.7 Å². The number of rotatable bonds is 3. The molecule has 0 aromatic heterocycles. The number of anilines is 2. The van der Waals surface area contributed by atoms with Crippen LogP contribution in [0.5, 0.6) is 0 Å². The molecule has 0 aliphatic carbocycles. The zero-order chi connectivity index (χ0) is 15.6. The molecule has 0 bridgehead atoms. The van der Waals surface area contributed by atoms with Crippen molar-refractivity contribution >= 4 is 27.3 Å². The molecule has 0 saturated heterocycles. The highest BCUT2D eigenvalue weighted by Crippen LogP contribution is 2.30. The lowest BCUT2D eigenvalue weighted by Gasteiger charge is -2.11. The van der Waals surface area contributed by atoms with Crippen molar-refractivity contribution in [2.24, 2.45) is 0 Å². The second kappa shape index (κ2) is 5.93. The number of hydrogen-bond acceptors (Lipinski definition) is 2. The molecule has 0 aliphatic heterocycles. The van der Waals surface area contributed by atoms with Crippen molar-refractivity contribution in [2.75, 3.05) is 11.1 Å². The van der Waals surface area contributed by atoms with Crippen LogP contribution in [0.4, 0.5) is 28.9 Å². The van der Waals surface area contributed by atoms with Gasteiger partial charge in [0.1, 0.15) is 5.82 Å². The molecule has 0 atom stereocenters. The summed E-state index contributed by atoms with van der Waals surface area (Å²) in [5, 5.41) is 2.95. The summed E-state index contributed by atoms with van der Waals surface area (Å²) in [6, 6.07) is 7.44. The zero-order valence-corrected chi connectivity index (χ0v) is 12.2. The van der Waals surface area contributed by atoms with Crippen LogP contribution in [0, 0.1) is 5.82 Å². The summed E-state index contributed by atoms with van der Waals surface area (Å²) < 4.78 is 50.8. The van der Waals surface area contributed by atoms with Gasteiger partial charge in [-0.3, -0.25) is 0 Å². The Morgan fingerprint density at radius 3 is 2.29 bits per heavy atom. The summed E-state index contributed by atoms with van der Waals surface area (Å²) in [7, 11) is 0. The smallest absolute Gasteiger partial charge is 0.397 e. The van der Waals surface area contributed by atoms with Crippen molar-refractivity contribution in [3.8, 4) is 0 Å². The molecule has 2 aromatic rings. The van der Waals surface area contributed by atoms with E-state index in [0.29, 0.717) is 11.3 Å². The van der Waals surface area contributed by atoms with Gasteiger partial charge in [-0.1, -0.05) is 12.1 Å². The molecule has 2 aromatic carbocycles. The summed E-state index contributed by atoms with van der Waals surface area (Å²) in [5.41, 5.74) is 6.35. The van der Waals surface area contributed by atoms with Gasteiger partial charge in [-0.15, -0.1) is 0 Å². The van der Waals surface area contributed by atoms with Gasteiger partial charge < -0.3 is 11.1 Å². The average Bonchev–Trinajstić information content (AvgIpc) is 2.41. The van der Waals surface area contributed by atoms with E-state index in [1.807, 2.05) is 0 Å². The number of hydrogen-bond donors (Lipinski definition) is 2. The Balaban J connectivity index is 2.08. The SMILES string of the molecule is Nc1cc(F)c(Br)cc1NCc1ccc(C(F)(F)F)cc1. The van der Waals surface area contributed by atoms with Crippen molar-refractivity contribution in [2.45, 2.75) is 12.7 Å². The van der Waals surface area contributed by atoms with Crippen LogP contribution < -0.4 is 11.1 Å². The quantitative estimate of drug-likeness (QED) is 0.607. The molecule has 0 spiro atoms. The topological polar surface area (TPSA) is 38.0 Å². The van der Waals surface area contributed by atoms with E-state index in [0.717, 1.165) is 12.1 Å². The van der Waals surface area contributed by atoms with Gasteiger partial charge in [0.25, 0.3) is 0 Å². The van der Waals surface area contributed by atoms with Crippen LogP contribution in [0.3, 0.4) is 0 Å². The van der Waals surface area contributed by atoms with Crippen molar-refractivity contribution in [3.63, 3.8) is 0 Å². The highest BCUT2D eigenvalue weighted by molar-refractivity contribution is 9.10. The largest absolute Gasteiger partial charge is 0.416 e. The summed E-state index contributed by atoms with van der Waals surface area (Å²) in [6.07, 6.45) is -4.35. The summed E-state index contributed by atoms with van der Waals surface area (Å²) >= 11 is 3.04. The Hall–Kier alpha value is -1.76. The Kier molecular flexibility index (Phi) is 4.41. The van der Waals surface area contributed by atoms with Gasteiger partial charge in [0.15, 0.2) is 0 Å². The van der Waals surface area contributed by atoms with E-state index >= 15 is 0 Å². The first-order valence-electron chi connectivity index (χ1n) is 5.92. The first kappa shape index (κ1) is 15.6. The van der Waals surface area contributed by atoms with Gasteiger partial charge in [0, 0.05) is 12.6 Å². The zero-order valence-electron chi connectivity index (χ0n) is 10.6. The number of nitrogens with two attached hydrogens (primary N) is 1. The molecular weight excluding hydrogens is 352 g/mol. The Bertz CT molecular complexity index is 639. The number of halogens is 5. The minimum absolute atomic E-state index is 0.225. The standard InChI is InChI=1S/C14H11BrF4N2/c15-10-5-13(12(20)6-11(10)16)21-7-8-1-3-9(4-2-8)14(17,18)19/h1-6,21H,7,20H2. The molecule has 0 unspecified atom stereocenters. The second-order valence-electron chi connectivity index (χ2n) is 4.40. The third-order valence-corrected chi connectivity index (χ3v) is 3.46. The fraction of sp³-hybridized carbons (Fsp3) is 0.143. The molecule has 0 aliphatic rings. The van der Waals surface area contributed by atoms with Crippen molar-refractivity contribution in [1.82, 2.24) is 0 Å². The molecule has 7 heteroatoms. The second-order valence-corrected chi connectivity index (χ2v) is 5.26. The molecular formula is C14H11BrF4N2. The van der Waals surface area contributed by atoms with Crippen molar-refractivity contribution in [1.29, 1.82) is 0 Å². The third kappa shape index (κ3) is 3.87. The van der Waals surface area contributed by atoms with Crippen LogP contribution in [0.2, 0.25) is 0 Å². The minimum atomic E-state index is -4.35. The molecule has 3 N–H and O–H groups in total. The molecule has 112 valence electrons. The fourth-order valence-electron chi connectivity index (χ4n) is 1.72. The summed E-state index contributed by atoms with van der Waals surface area (Å²) in [5.74, 6) is -0.479. The van der Waals surface area contributed by atoms with E-state index in [9.17, 15) is 17.6 Å². The van der Waals surface area contributed by atoms with Gasteiger partial charge in [0.05, 0.1) is 21.4 Å². The lowest BCUT2D eigenvalue weighted by molar-refractivity contribution is -0.137. The molecule has 21 heavy (non-hydrogen) atoms. The van der Waals surface area contributed by atoms with E-state index in [4.69, 9.17) is 5.73 Å². The summed E-state index contributed by atoms with van der Waals surface area (Å²) in [6.45, 7) is 0.278. The molecule has 0 amide bonds. The third-order valence-electron chi connectivity index (χ3n) is 2.86. The predicted molar refractivity (Wildman–Crippen MR) is 77.3 cm³/mol. The maximum atomic E-state index is 13.2. The van der Waals surface area contributed by atoms with E-state index < -0.39 is 17.6 Å². The van der Waals surface area contributed by atoms with E-state index in [2.05, 4.69) is 21.2 Å². The maximum Gasteiger partial charge on any atom is 0.416 e. The normalized spacial score (nSPS) is 11.5. The molecule has 0 saturated carbocycles. The van der Waals surface area contributed by atoms with E-state index in [1.54, 1.807) is 0 Å². The molecule has 0 heterocycles. The number of nitrogens with one attached hydrogen (secondary N) is 1. The molecule has 2 rings (SSSR count). The van der Waals surface area contributed by atoms with Crippen molar-refractivity contribution in [3.05, 3.63) is 57.8 Å². The van der Waals surface area contributed by atoms with Gasteiger partial charge in [-0.2, -0.15) is 13.2 Å². The van der Waals surface area contributed by atoms with E-state index in [1.165, 1.54) is 24.3 Å². The van der Waals surface area contributed by atoms with Gasteiger partial charge in [-0.25, -0.2) is 4.39 Å². The number of nitrogen functional groups attached to an aromatic ring is 1. The van der Waals surface area contributed by atoms with Crippen LogP contribution in [-0.2, 0) is 12.7 Å². The first-order valence-corrected chi connectivity index (χ1v) is 6.71. The van der Waals surface area contributed by atoms with Crippen LogP contribution >= 0.6 is 15.9 Å². The molecule has 0 fully saturated rings. The van der Waals surface area contributed by atoms with Crippen molar-refractivity contribution < 1.29 is 17.6 Å². The maximum absolute atomic E-state index is 13.2.